The molecule has 2 N–H and O–H groups in total. The quantitative estimate of drug-likeness (QED) is 0.631. The van der Waals surface area contributed by atoms with Crippen molar-refractivity contribution in [2.24, 2.45) is 0 Å². The second-order valence-electron chi connectivity index (χ2n) is 2.96. The largest absolute Gasteiger partial charge is 0.394 e. The first-order chi connectivity index (χ1) is 5.74. The second-order valence-corrected chi connectivity index (χ2v) is 2.96. The van der Waals surface area contributed by atoms with Gasteiger partial charge in [-0.05, 0) is 12.8 Å². The Bertz CT molecular complexity index is 122. The average molecular weight is 173 g/mol. The molecule has 1 atom stereocenters. The van der Waals surface area contributed by atoms with Crippen molar-refractivity contribution in [1.82, 2.24) is 5.32 Å². The van der Waals surface area contributed by atoms with Gasteiger partial charge in [-0.15, -0.1) is 0 Å². The normalized spacial score (nSPS) is 12.6. The molecule has 3 heteroatoms. The molecule has 0 saturated heterocycles. The first kappa shape index (κ1) is 11.4. The highest BCUT2D eigenvalue weighted by Crippen LogP contribution is 1.95. The molecule has 0 aliphatic rings. The number of unbranched alkanes of at least 4 members (excludes halogenated alkanes) is 1. The van der Waals surface area contributed by atoms with Gasteiger partial charge in [0.05, 0.1) is 12.6 Å². The summed E-state index contributed by atoms with van der Waals surface area (Å²) in [5, 5.41) is 11.5. The van der Waals surface area contributed by atoms with E-state index >= 15 is 0 Å². The molecule has 0 bridgehead atoms. The molecule has 0 aliphatic carbocycles. The first-order valence-electron chi connectivity index (χ1n) is 4.64. The van der Waals surface area contributed by atoms with Crippen molar-refractivity contribution in [2.75, 3.05) is 6.61 Å². The van der Waals surface area contributed by atoms with Gasteiger partial charge in [-0.3, -0.25) is 4.79 Å². The van der Waals surface area contributed by atoms with Gasteiger partial charge in [0.1, 0.15) is 0 Å². The molecule has 0 rings (SSSR count). The predicted octanol–water partition coefficient (Wildman–Crippen LogP) is 1.06. The van der Waals surface area contributed by atoms with E-state index in [2.05, 4.69) is 12.2 Å². The summed E-state index contributed by atoms with van der Waals surface area (Å²) in [4.78, 5) is 11.1. The Morgan fingerprint density at radius 2 is 2.17 bits per heavy atom. The molecule has 1 amide bonds. The molecule has 0 fully saturated rings. The molecule has 12 heavy (non-hydrogen) atoms. The van der Waals surface area contributed by atoms with E-state index in [-0.39, 0.29) is 18.6 Å². The van der Waals surface area contributed by atoms with Crippen LogP contribution in [0.2, 0.25) is 0 Å². The van der Waals surface area contributed by atoms with Crippen LogP contribution in [0.1, 0.15) is 39.5 Å². The maximum absolute atomic E-state index is 11.1. The Hall–Kier alpha value is -0.570. The van der Waals surface area contributed by atoms with Crippen molar-refractivity contribution in [3.8, 4) is 0 Å². The van der Waals surface area contributed by atoms with E-state index in [1.165, 1.54) is 0 Å². The van der Waals surface area contributed by atoms with Gasteiger partial charge in [-0.1, -0.05) is 20.3 Å². The summed E-state index contributed by atoms with van der Waals surface area (Å²) in [6.45, 7) is 4.03. The number of nitrogens with one attached hydrogen (secondary N) is 1. The number of hydrogen-bond acceptors (Lipinski definition) is 2. The number of amides is 1. The van der Waals surface area contributed by atoms with Gasteiger partial charge in [0, 0.05) is 6.42 Å². The van der Waals surface area contributed by atoms with Crippen LogP contribution < -0.4 is 5.32 Å². The Kier molecular flexibility index (Phi) is 6.76. The molecule has 1 unspecified atom stereocenters. The third-order valence-electron chi connectivity index (χ3n) is 1.84. The molecule has 0 radical (unpaired) electrons. The predicted molar refractivity (Wildman–Crippen MR) is 48.8 cm³/mol. The highest BCUT2D eigenvalue weighted by atomic mass is 16.3. The summed E-state index contributed by atoms with van der Waals surface area (Å²) in [5.41, 5.74) is 0. The highest BCUT2D eigenvalue weighted by molar-refractivity contribution is 5.76. The van der Waals surface area contributed by atoms with Gasteiger partial charge in [0.15, 0.2) is 0 Å². The van der Waals surface area contributed by atoms with Crippen LogP contribution in [0.4, 0.5) is 0 Å². The minimum Gasteiger partial charge on any atom is -0.394 e. The zero-order chi connectivity index (χ0) is 9.40. The fourth-order valence-corrected chi connectivity index (χ4v) is 0.914. The molecule has 0 heterocycles. The number of aliphatic hydroxyl groups is 1. The molecule has 0 spiro atoms. The van der Waals surface area contributed by atoms with Crippen LogP contribution in [0.15, 0.2) is 0 Å². The summed E-state index contributed by atoms with van der Waals surface area (Å²) < 4.78 is 0. The molecular formula is C9H19NO2. The Labute approximate surface area is 74.2 Å². The maximum Gasteiger partial charge on any atom is 0.220 e. The Morgan fingerprint density at radius 3 is 2.58 bits per heavy atom. The number of aliphatic hydroxyl groups excluding tert-OH is 1. The minimum atomic E-state index is -0.0608. The number of hydrogen-bond donors (Lipinski definition) is 2. The van der Waals surface area contributed by atoms with Crippen LogP contribution in [0.3, 0.4) is 0 Å². The lowest BCUT2D eigenvalue weighted by molar-refractivity contribution is -0.122. The Morgan fingerprint density at radius 1 is 1.50 bits per heavy atom. The zero-order valence-electron chi connectivity index (χ0n) is 7.97. The van der Waals surface area contributed by atoms with Gasteiger partial charge in [0.2, 0.25) is 5.91 Å². The third kappa shape index (κ3) is 5.13. The smallest absolute Gasteiger partial charge is 0.220 e. The number of carbonyl (C=O) groups excluding carboxylic acids is 1. The lowest BCUT2D eigenvalue weighted by Gasteiger charge is -2.13. The number of carbonyl (C=O) groups is 1. The molecule has 0 aromatic carbocycles. The molecule has 72 valence electrons. The van der Waals surface area contributed by atoms with Crippen LogP contribution in [-0.4, -0.2) is 23.7 Å². The van der Waals surface area contributed by atoms with E-state index in [0.29, 0.717) is 6.42 Å². The summed E-state index contributed by atoms with van der Waals surface area (Å²) in [6, 6.07) is -0.0608. The van der Waals surface area contributed by atoms with Crippen LogP contribution in [0.25, 0.3) is 0 Å². The average Bonchev–Trinajstić information content (AvgIpc) is 2.10. The van der Waals surface area contributed by atoms with Gasteiger partial charge < -0.3 is 10.4 Å². The summed E-state index contributed by atoms with van der Waals surface area (Å²) in [7, 11) is 0. The SMILES string of the molecule is CCCCC(=O)NC(CC)CO. The summed E-state index contributed by atoms with van der Waals surface area (Å²) in [5.74, 6) is 0.0535. The monoisotopic (exact) mass is 173 g/mol. The van der Waals surface area contributed by atoms with Crippen molar-refractivity contribution < 1.29 is 9.90 Å². The minimum absolute atomic E-state index is 0.0361. The van der Waals surface area contributed by atoms with E-state index < -0.39 is 0 Å². The van der Waals surface area contributed by atoms with Crippen molar-refractivity contribution in [2.45, 2.75) is 45.6 Å². The second kappa shape index (κ2) is 7.10. The van der Waals surface area contributed by atoms with Crippen molar-refractivity contribution in [1.29, 1.82) is 0 Å². The Balaban J connectivity index is 3.52. The van der Waals surface area contributed by atoms with E-state index in [1.54, 1.807) is 0 Å². The fourth-order valence-electron chi connectivity index (χ4n) is 0.914. The van der Waals surface area contributed by atoms with Crippen molar-refractivity contribution in [3.63, 3.8) is 0 Å². The van der Waals surface area contributed by atoms with E-state index in [1.807, 2.05) is 6.92 Å². The molecule has 0 aliphatic heterocycles. The number of rotatable bonds is 6. The molecule has 0 aromatic heterocycles. The van der Waals surface area contributed by atoms with Crippen LogP contribution in [0.5, 0.6) is 0 Å². The first-order valence-corrected chi connectivity index (χ1v) is 4.64. The topological polar surface area (TPSA) is 49.3 Å². The lowest BCUT2D eigenvalue weighted by Crippen LogP contribution is -2.36. The van der Waals surface area contributed by atoms with Gasteiger partial charge >= 0.3 is 0 Å². The van der Waals surface area contributed by atoms with E-state index in [4.69, 9.17) is 5.11 Å². The maximum atomic E-state index is 11.1. The molecule has 0 saturated carbocycles. The van der Waals surface area contributed by atoms with Crippen molar-refractivity contribution in [3.05, 3.63) is 0 Å². The standard InChI is InChI=1S/C9H19NO2/c1-3-5-6-9(12)10-8(4-2)7-11/h8,11H,3-7H2,1-2H3,(H,10,12). The van der Waals surface area contributed by atoms with Gasteiger partial charge in [0.25, 0.3) is 0 Å². The van der Waals surface area contributed by atoms with E-state index in [0.717, 1.165) is 19.3 Å². The van der Waals surface area contributed by atoms with Gasteiger partial charge in [-0.25, -0.2) is 0 Å². The third-order valence-corrected chi connectivity index (χ3v) is 1.84. The van der Waals surface area contributed by atoms with Gasteiger partial charge in [-0.2, -0.15) is 0 Å². The molecule has 0 aromatic rings. The molecular weight excluding hydrogens is 154 g/mol. The van der Waals surface area contributed by atoms with Crippen LogP contribution >= 0.6 is 0 Å². The molecule has 3 nitrogen and oxygen atoms in total. The zero-order valence-corrected chi connectivity index (χ0v) is 7.97. The van der Waals surface area contributed by atoms with Crippen LogP contribution in [-0.2, 0) is 4.79 Å². The lowest BCUT2D eigenvalue weighted by atomic mass is 10.2. The summed E-state index contributed by atoms with van der Waals surface area (Å²) >= 11 is 0. The van der Waals surface area contributed by atoms with Crippen LogP contribution in [0, 0.1) is 0 Å². The summed E-state index contributed by atoms with van der Waals surface area (Å²) in [6.07, 6.45) is 3.32. The fraction of sp³-hybridized carbons (Fsp3) is 0.889. The highest BCUT2D eigenvalue weighted by Gasteiger charge is 2.07. The van der Waals surface area contributed by atoms with Crippen molar-refractivity contribution >= 4 is 5.91 Å². The van der Waals surface area contributed by atoms with E-state index in [9.17, 15) is 4.79 Å².